The van der Waals surface area contributed by atoms with Gasteiger partial charge in [-0.05, 0) is 34.1 Å². The maximum absolute atomic E-state index is 2.27. The van der Waals surface area contributed by atoms with Crippen LogP contribution in [0.4, 0.5) is 0 Å². The third kappa shape index (κ3) is 1.48. The molecular formula is C15H12. The summed E-state index contributed by atoms with van der Waals surface area (Å²) >= 11 is 0. The number of rotatable bonds is 0. The smallest absolute Gasteiger partial charge is 0.00884 e. The molecule has 2 aliphatic rings. The molecule has 0 amide bonds. The minimum atomic E-state index is 1.05. The van der Waals surface area contributed by atoms with E-state index in [0.717, 1.165) is 6.42 Å². The van der Waals surface area contributed by atoms with Crippen LogP contribution >= 0.6 is 0 Å². The van der Waals surface area contributed by atoms with Crippen molar-refractivity contribution in [3.63, 3.8) is 0 Å². The molecule has 0 unspecified atom stereocenters. The van der Waals surface area contributed by atoms with Gasteiger partial charge >= 0.3 is 0 Å². The van der Waals surface area contributed by atoms with E-state index in [9.17, 15) is 0 Å². The molecule has 2 aliphatic carbocycles. The highest BCUT2D eigenvalue weighted by molar-refractivity contribution is 5.66. The maximum atomic E-state index is 2.27. The monoisotopic (exact) mass is 192 g/mol. The Kier molecular flexibility index (Phi) is 1.92. The summed E-state index contributed by atoms with van der Waals surface area (Å²) in [6.45, 7) is 0. The summed E-state index contributed by atoms with van der Waals surface area (Å²) in [5.41, 5.74) is 2.76. The Morgan fingerprint density at radius 2 is 1.73 bits per heavy atom. The van der Waals surface area contributed by atoms with Crippen LogP contribution < -0.4 is 10.4 Å². The Hall–Kier alpha value is -1.82. The van der Waals surface area contributed by atoms with Gasteiger partial charge in [0.15, 0.2) is 0 Å². The molecule has 1 aromatic rings. The van der Waals surface area contributed by atoms with E-state index in [2.05, 4.69) is 60.7 Å². The van der Waals surface area contributed by atoms with Gasteiger partial charge in [0.1, 0.15) is 0 Å². The minimum Gasteiger partial charge on any atom is -0.0801 e. The lowest BCUT2D eigenvalue weighted by Gasteiger charge is -2.07. The van der Waals surface area contributed by atoms with E-state index in [0.29, 0.717) is 0 Å². The largest absolute Gasteiger partial charge is 0.0801 e. The Balaban J connectivity index is 2.32. The topological polar surface area (TPSA) is 0 Å². The summed E-state index contributed by atoms with van der Waals surface area (Å²) in [6, 6.07) is 8.51. The highest BCUT2D eigenvalue weighted by Gasteiger charge is 2.04. The van der Waals surface area contributed by atoms with Gasteiger partial charge in [0.05, 0.1) is 0 Å². The molecule has 0 aromatic heterocycles. The first kappa shape index (κ1) is 8.49. The Morgan fingerprint density at radius 1 is 0.867 bits per heavy atom. The van der Waals surface area contributed by atoms with Crippen LogP contribution in [0.15, 0.2) is 59.7 Å². The number of allylic oxidation sites excluding steroid dienone is 6. The predicted octanol–water partition coefficient (Wildman–Crippen LogP) is 2.07. The van der Waals surface area contributed by atoms with Gasteiger partial charge in [-0.1, -0.05) is 54.6 Å². The van der Waals surface area contributed by atoms with Crippen LogP contribution in [-0.4, -0.2) is 0 Å². The molecule has 0 saturated carbocycles. The SMILES string of the molecule is C1=CCC2=CC=c3ccccc3=CC2=C1. The first-order valence-corrected chi connectivity index (χ1v) is 5.28. The summed E-state index contributed by atoms with van der Waals surface area (Å²) in [5.74, 6) is 0. The van der Waals surface area contributed by atoms with Crippen LogP contribution in [0.2, 0.25) is 0 Å². The van der Waals surface area contributed by atoms with Crippen molar-refractivity contribution in [2.24, 2.45) is 0 Å². The van der Waals surface area contributed by atoms with Gasteiger partial charge < -0.3 is 0 Å². The van der Waals surface area contributed by atoms with Gasteiger partial charge in [-0.2, -0.15) is 0 Å². The number of fused-ring (bicyclic) bond motifs is 2. The Labute approximate surface area is 89.3 Å². The van der Waals surface area contributed by atoms with Crippen molar-refractivity contribution in [2.45, 2.75) is 6.42 Å². The van der Waals surface area contributed by atoms with Crippen molar-refractivity contribution in [1.82, 2.24) is 0 Å². The zero-order valence-corrected chi connectivity index (χ0v) is 8.48. The lowest BCUT2D eigenvalue weighted by molar-refractivity contribution is 1.24. The second-order valence-electron chi connectivity index (χ2n) is 3.89. The van der Waals surface area contributed by atoms with Gasteiger partial charge in [0.25, 0.3) is 0 Å². The molecule has 0 aliphatic heterocycles. The lowest BCUT2D eigenvalue weighted by atomic mass is 9.98. The molecule has 72 valence electrons. The van der Waals surface area contributed by atoms with Crippen molar-refractivity contribution in [2.75, 3.05) is 0 Å². The number of hydrogen-bond acceptors (Lipinski definition) is 0. The van der Waals surface area contributed by atoms with Crippen molar-refractivity contribution < 1.29 is 0 Å². The van der Waals surface area contributed by atoms with Crippen LogP contribution in [0.5, 0.6) is 0 Å². The van der Waals surface area contributed by atoms with Crippen molar-refractivity contribution in [3.05, 3.63) is 70.2 Å². The molecular weight excluding hydrogens is 180 g/mol. The summed E-state index contributed by atoms with van der Waals surface area (Å²) in [4.78, 5) is 0. The summed E-state index contributed by atoms with van der Waals surface area (Å²) in [7, 11) is 0. The number of hydrogen-bond donors (Lipinski definition) is 0. The summed E-state index contributed by atoms with van der Waals surface area (Å²) in [5, 5.41) is 2.62. The molecule has 0 nitrogen and oxygen atoms in total. The van der Waals surface area contributed by atoms with Crippen LogP contribution in [0, 0.1) is 0 Å². The fourth-order valence-corrected chi connectivity index (χ4v) is 2.05. The van der Waals surface area contributed by atoms with Crippen LogP contribution in [0.1, 0.15) is 6.42 Å². The zero-order chi connectivity index (χ0) is 10.1. The van der Waals surface area contributed by atoms with Gasteiger partial charge in [0.2, 0.25) is 0 Å². The molecule has 0 atom stereocenters. The van der Waals surface area contributed by atoms with E-state index in [1.54, 1.807) is 0 Å². The van der Waals surface area contributed by atoms with Gasteiger partial charge in [-0.3, -0.25) is 0 Å². The molecule has 3 rings (SSSR count). The summed E-state index contributed by atoms with van der Waals surface area (Å²) < 4.78 is 0. The van der Waals surface area contributed by atoms with Crippen molar-refractivity contribution in [1.29, 1.82) is 0 Å². The van der Waals surface area contributed by atoms with Crippen LogP contribution in [0.25, 0.3) is 12.2 Å². The molecule has 0 fully saturated rings. The molecule has 0 bridgehead atoms. The van der Waals surface area contributed by atoms with Crippen LogP contribution in [-0.2, 0) is 0 Å². The second kappa shape index (κ2) is 3.39. The fraction of sp³-hybridized carbons (Fsp3) is 0.0667. The molecule has 0 heterocycles. The highest BCUT2D eigenvalue weighted by atomic mass is 14.1. The maximum Gasteiger partial charge on any atom is -0.00884 e. The highest BCUT2D eigenvalue weighted by Crippen LogP contribution is 2.21. The minimum absolute atomic E-state index is 1.05. The molecule has 0 N–H and O–H groups in total. The average molecular weight is 192 g/mol. The quantitative estimate of drug-likeness (QED) is 0.590. The first-order valence-electron chi connectivity index (χ1n) is 5.28. The van der Waals surface area contributed by atoms with Crippen LogP contribution in [0.3, 0.4) is 0 Å². The second-order valence-corrected chi connectivity index (χ2v) is 3.89. The van der Waals surface area contributed by atoms with E-state index in [4.69, 9.17) is 0 Å². The van der Waals surface area contributed by atoms with E-state index >= 15 is 0 Å². The predicted molar refractivity (Wildman–Crippen MR) is 64.5 cm³/mol. The fourth-order valence-electron chi connectivity index (χ4n) is 2.05. The molecule has 0 heteroatoms. The molecule has 1 aromatic carbocycles. The van der Waals surface area contributed by atoms with Gasteiger partial charge in [0, 0.05) is 0 Å². The molecule has 15 heavy (non-hydrogen) atoms. The standard InChI is InChI=1S/C15H12/c1-3-7-14-11-15-8-4-2-6-13(15)10-9-12(14)5-1/h1-5,7-11H,6H2. The lowest BCUT2D eigenvalue weighted by Crippen LogP contribution is -2.22. The Morgan fingerprint density at radius 3 is 2.67 bits per heavy atom. The van der Waals surface area contributed by atoms with E-state index in [-0.39, 0.29) is 0 Å². The zero-order valence-electron chi connectivity index (χ0n) is 8.48. The third-order valence-corrected chi connectivity index (χ3v) is 2.89. The molecule has 0 radical (unpaired) electrons. The normalized spacial score (nSPS) is 17.3. The average Bonchev–Trinajstić information content (AvgIpc) is 2.48. The Bertz CT molecular complexity index is 595. The number of benzene rings is 1. The molecule has 0 saturated heterocycles. The third-order valence-electron chi connectivity index (χ3n) is 2.89. The molecule has 0 spiro atoms. The van der Waals surface area contributed by atoms with Gasteiger partial charge in [-0.15, -0.1) is 0 Å². The van der Waals surface area contributed by atoms with E-state index in [1.165, 1.54) is 21.6 Å². The first-order chi connectivity index (χ1) is 7.43. The van der Waals surface area contributed by atoms with Crippen molar-refractivity contribution in [3.8, 4) is 0 Å². The van der Waals surface area contributed by atoms with Gasteiger partial charge in [-0.25, -0.2) is 0 Å². The van der Waals surface area contributed by atoms with E-state index < -0.39 is 0 Å². The van der Waals surface area contributed by atoms with Crippen molar-refractivity contribution >= 4 is 12.2 Å². The van der Waals surface area contributed by atoms with E-state index in [1.807, 2.05) is 0 Å². The summed E-state index contributed by atoms with van der Waals surface area (Å²) in [6.07, 6.45) is 14.3.